The first-order valence-corrected chi connectivity index (χ1v) is 13.5. The van der Waals surface area contributed by atoms with E-state index in [-0.39, 0.29) is 0 Å². The number of hydrogen-bond acceptors (Lipinski definition) is 2. The summed E-state index contributed by atoms with van der Waals surface area (Å²) in [5.74, 6) is 1.73. The number of nitrogens with zero attached hydrogens (tertiary/aromatic N) is 2. The SMILES string of the molecule is CC(C)c1cccc(-c2cccc(CS(C)=O)c2)c1.CC(C)c1cccc(-c2cnn(C)c2)c1. The molecule has 4 heteroatoms. The van der Waals surface area contributed by atoms with E-state index < -0.39 is 10.8 Å². The van der Waals surface area contributed by atoms with Gasteiger partial charge in [0.1, 0.15) is 0 Å². The van der Waals surface area contributed by atoms with Gasteiger partial charge in [0.15, 0.2) is 0 Å². The second-order valence-corrected chi connectivity index (χ2v) is 10.8. The highest BCUT2D eigenvalue weighted by molar-refractivity contribution is 7.83. The molecule has 0 radical (unpaired) electrons. The molecule has 1 unspecified atom stereocenters. The van der Waals surface area contributed by atoms with Crippen LogP contribution in [0.3, 0.4) is 0 Å². The van der Waals surface area contributed by atoms with Crippen LogP contribution in [0.2, 0.25) is 0 Å². The van der Waals surface area contributed by atoms with Crippen LogP contribution in [0.15, 0.2) is 85.2 Å². The fraction of sp³-hybridized carbons (Fsp3) is 0.300. The van der Waals surface area contributed by atoms with Crippen LogP contribution in [0.1, 0.15) is 56.2 Å². The summed E-state index contributed by atoms with van der Waals surface area (Å²) in [5.41, 5.74) is 8.71. The molecule has 0 amide bonds. The average molecular weight is 473 g/mol. The van der Waals surface area contributed by atoms with Crippen LogP contribution in [0.25, 0.3) is 22.3 Å². The van der Waals surface area contributed by atoms with Crippen molar-refractivity contribution in [2.24, 2.45) is 7.05 Å². The zero-order valence-electron chi connectivity index (χ0n) is 21.2. The Labute approximate surface area is 207 Å². The summed E-state index contributed by atoms with van der Waals surface area (Å²) in [6.07, 6.45) is 5.69. The second-order valence-electron chi connectivity index (χ2n) is 9.38. The van der Waals surface area contributed by atoms with Crippen molar-refractivity contribution in [3.05, 3.63) is 102 Å². The summed E-state index contributed by atoms with van der Waals surface area (Å²) >= 11 is 0. The van der Waals surface area contributed by atoms with Gasteiger partial charge < -0.3 is 0 Å². The minimum absolute atomic E-state index is 0.534. The summed E-state index contributed by atoms with van der Waals surface area (Å²) in [6, 6.07) is 25.6. The van der Waals surface area contributed by atoms with Crippen LogP contribution in [0.5, 0.6) is 0 Å². The van der Waals surface area contributed by atoms with Crippen LogP contribution in [-0.2, 0) is 23.6 Å². The van der Waals surface area contributed by atoms with Crippen molar-refractivity contribution in [1.29, 1.82) is 0 Å². The lowest BCUT2D eigenvalue weighted by Crippen LogP contribution is -1.93. The highest BCUT2D eigenvalue weighted by Crippen LogP contribution is 2.25. The zero-order chi connectivity index (χ0) is 24.7. The Morgan fingerprint density at radius 1 is 0.765 bits per heavy atom. The largest absolute Gasteiger partial charge is 0.275 e. The molecule has 1 aromatic heterocycles. The van der Waals surface area contributed by atoms with Gasteiger partial charge in [-0.3, -0.25) is 8.89 Å². The topological polar surface area (TPSA) is 34.9 Å². The van der Waals surface area contributed by atoms with Crippen molar-refractivity contribution < 1.29 is 4.21 Å². The fourth-order valence-corrected chi connectivity index (χ4v) is 4.45. The van der Waals surface area contributed by atoms with E-state index in [2.05, 4.69) is 93.5 Å². The third kappa shape index (κ3) is 7.26. The maximum absolute atomic E-state index is 11.3. The molecule has 3 aromatic carbocycles. The fourth-order valence-electron chi connectivity index (χ4n) is 3.80. The Morgan fingerprint density at radius 3 is 1.74 bits per heavy atom. The van der Waals surface area contributed by atoms with Gasteiger partial charge in [0.05, 0.1) is 6.20 Å². The van der Waals surface area contributed by atoms with E-state index in [1.165, 1.54) is 33.4 Å². The lowest BCUT2D eigenvalue weighted by molar-refractivity contribution is 0.686. The number of rotatable bonds is 6. The molecule has 1 atom stereocenters. The molecule has 1 heterocycles. The molecule has 4 rings (SSSR count). The van der Waals surface area contributed by atoms with Gasteiger partial charge in [-0.2, -0.15) is 5.10 Å². The van der Waals surface area contributed by atoms with Crippen LogP contribution in [0, 0.1) is 0 Å². The van der Waals surface area contributed by atoms with Crippen molar-refractivity contribution in [2.45, 2.75) is 45.3 Å². The second kappa shape index (κ2) is 11.9. The van der Waals surface area contributed by atoms with Gasteiger partial charge in [-0.15, -0.1) is 0 Å². The van der Waals surface area contributed by atoms with Gasteiger partial charge in [-0.1, -0.05) is 100 Å². The Balaban J connectivity index is 0.000000196. The van der Waals surface area contributed by atoms with E-state index in [1.807, 2.05) is 36.3 Å². The number of aromatic nitrogens is 2. The summed E-state index contributed by atoms with van der Waals surface area (Å²) in [4.78, 5) is 0. The molecule has 0 saturated carbocycles. The predicted molar refractivity (Wildman–Crippen MR) is 146 cm³/mol. The van der Waals surface area contributed by atoms with Crippen molar-refractivity contribution in [2.75, 3.05) is 6.26 Å². The van der Waals surface area contributed by atoms with Crippen molar-refractivity contribution in [1.82, 2.24) is 9.78 Å². The highest BCUT2D eigenvalue weighted by atomic mass is 32.2. The van der Waals surface area contributed by atoms with Gasteiger partial charge in [-0.05, 0) is 45.2 Å². The minimum Gasteiger partial charge on any atom is -0.275 e. The molecule has 0 aliphatic carbocycles. The third-order valence-corrected chi connectivity index (χ3v) is 6.51. The molecule has 34 heavy (non-hydrogen) atoms. The third-order valence-electron chi connectivity index (χ3n) is 5.78. The first-order chi connectivity index (χ1) is 16.2. The molecular formula is C30H36N2OS. The Kier molecular flexibility index (Phi) is 9.00. The van der Waals surface area contributed by atoms with Crippen molar-refractivity contribution in [3.8, 4) is 22.3 Å². The van der Waals surface area contributed by atoms with Crippen LogP contribution >= 0.6 is 0 Å². The summed E-state index contributed by atoms with van der Waals surface area (Å²) in [5, 5.41) is 4.18. The summed E-state index contributed by atoms with van der Waals surface area (Å²) in [7, 11) is 1.15. The Hall–Kier alpha value is -2.98. The van der Waals surface area contributed by atoms with E-state index in [0.29, 0.717) is 17.6 Å². The molecule has 3 nitrogen and oxygen atoms in total. The maximum Gasteiger partial charge on any atom is 0.0568 e. The van der Waals surface area contributed by atoms with Gasteiger partial charge in [0.2, 0.25) is 0 Å². The molecule has 0 aliphatic rings. The highest BCUT2D eigenvalue weighted by Gasteiger charge is 2.05. The predicted octanol–water partition coefficient (Wildman–Crippen LogP) is 7.57. The molecule has 178 valence electrons. The first-order valence-electron chi connectivity index (χ1n) is 11.8. The smallest absolute Gasteiger partial charge is 0.0568 e. The van der Waals surface area contributed by atoms with E-state index in [1.54, 1.807) is 6.26 Å². The van der Waals surface area contributed by atoms with E-state index in [0.717, 1.165) is 5.56 Å². The van der Waals surface area contributed by atoms with Gasteiger partial charge in [-0.25, -0.2) is 0 Å². The van der Waals surface area contributed by atoms with Crippen LogP contribution in [-0.4, -0.2) is 20.2 Å². The van der Waals surface area contributed by atoms with Gasteiger partial charge in [0, 0.05) is 41.6 Å². The zero-order valence-corrected chi connectivity index (χ0v) is 22.0. The average Bonchev–Trinajstić information content (AvgIpc) is 3.26. The van der Waals surface area contributed by atoms with Gasteiger partial charge in [0.25, 0.3) is 0 Å². The summed E-state index contributed by atoms with van der Waals surface area (Å²) < 4.78 is 13.1. The lowest BCUT2D eigenvalue weighted by atomic mass is 9.97. The normalized spacial score (nSPS) is 11.9. The van der Waals surface area contributed by atoms with Crippen molar-refractivity contribution in [3.63, 3.8) is 0 Å². The molecule has 4 aromatic rings. The first kappa shape index (κ1) is 25.6. The molecule has 0 saturated heterocycles. The van der Waals surface area contributed by atoms with E-state index in [4.69, 9.17) is 0 Å². The van der Waals surface area contributed by atoms with Gasteiger partial charge >= 0.3 is 0 Å². The molecular weight excluding hydrogens is 436 g/mol. The van der Waals surface area contributed by atoms with Crippen LogP contribution in [0.4, 0.5) is 0 Å². The lowest BCUT2D eigenvalue weighted by Gasteiger charge is -2.09. The van der Waals surface area contributed by atoms with Crippen LogP contribution < -0.4 is 0 Å². The molecule has 0 bridgehead atoms. The van der Waals surface area contributed by atoms with E-state index >= 15 is 0 Å². The standard InChI is InChI=1S/C17H20OS.C13H16N2/c1-13(2)15-7-5-9-17(11-15)16-8-4-6-14(10-16)12-19(3)18;1-10(2)11-5-4-6-12(7-11)13-8-14-15(3)9-13/h4-11,13H,12H2,1-3H3;4-10H,1-3H3. The minimum atomic E-state index is -0.793. The molecule has 0 spiro atoms. The molecule has 0 fully saturated rings. The van der Waals surface area contributed by atoms with E-state index in [9.17, 15) is 4.21 Å². The molecule has 0 N–H and O–H groups in total. The van der Waals surface area contributed by atoms with Crippen molar-refractivity contribution >= 4 is 10.8 Å². The quantitative estimate of drug-likeness (QED) is 0.290. The number of hydrogen-bond donors (Lipinski definition) is 0. The Morgan fingerprint density at radius 2 is 1.26 bits per heavy atom. The number of aryl methyl sites for hydroxylation is 1. The Bertz CT molecular complexity index is 1240. The molecule has 0 aliphatic heterocycles. The summed E-state index contributed by atoms with van der Waals surface area (Å²) in [6.45, 7) is 8.83. The monoisotopic (exact) mass is 472 g/mol. The number of benzene rings is 3. The maximum atomic E-state index is 11.3.